The largest absolute Gasteiger partial charge is 0.0696 e. The van der Waals surface area contributed by atoms with Crippen LogP contribution in [0.1, 0.15) is 18.9 Å². The molecule has 1 aromatic carbocycles. The molecular weight excluding hydrogens is 132 g/mol. The zero-order chi connectivity index (χ0) is 8.10. The molecule has 0 nitrogen and oxygen atoms in total. The quantitative estimate of drug-likeness (QED) is 0.599. The Balaban J connectivity index is 2.79. The lowest BCUT2D eigenvalue weighted by molar-refractivity contribution is 1.16. The Kier molecular flexibility index (Phi) is 2.91. The lowest BCUT2D eigenvalue weighted by atomic mass is 10.1. The van der Waals surface area contributed by atoms with Crippen LogP contribution in [0, 0.1) is 6.92 Å². The Labute approximate surface area is 68.6 Å². The normalized spacial score (nSPS) is 11.6. The van der Waals surface area contributed by atoms with Crippen molar-refractivity contribution >= 4 is 6.08 Å². The molecule has 0 spiro atoms. The molecule has 0 aliphatic heterocycles. The highest BCUT2D eigenvalue weighted by atomic mass is 13.9. The molecule has 0 unspecified atom stereocenters. The van der Waals surface area contributed by atoms with E-state index in [4.69, 9.17) is 0 Å². The second-order valence-corrected chi connectivity index (χ2v) is 2.57. The summed E-state index contributed by atoms with van der Waals surface area (Å²) in [6.07, 6.45) is 3.13. The van der Waals surface area contributed by atoms with E-state index in [1.54, 1.807) is 0 Å². The summed E-state index contributed by atoms with van der Waals surface area (Å²) >= 11 is 0. The van der Waals surface area contributed by atoms with E-state index in [2.05, 4.69) is 32.1 Å². The van der Waals surface area contributed by atoms with Gasteiger partial charge in [-0.25, -0.2) is 0 Å². The molecule has 0 heterocycles. The zero-order valence-corrected chi connectivity index (χ0v) is 6.88. The van der Waals surface area contributed by atoms with E-state index < -0.39 is 0 Å². The van der Waals surface area contributed by atoms with E-state index in [9.17, 15) is 0 Å². The second kappa shape index (κ2) is 3.97. The number of allylic oxidation sites excluding steroid dienone is 1. The third-order valence-corrected chi connectivity index (χ3v) is 1.62. The average molecular weight is 145 g/mol. The van der Waals surface area contributed by atoms with Crippen molar-refractivity contribution in [2.75, 3.05) is 0 Å². The smallest absolute Gasteiger partial charge is 0.0257 e. The highest BCUT2D eigenvalue weighted by molar-refractivity contribution is 5.53. The minimum Gasteiger partial charge on any atom is -0.0696 e. The first-order chi connectivity index (χ1) is 5.33. The van der Waals surface area contributed by atoms with Crippen LogP contribution in [0.4, 0.5) is 0 Å². The summed E-state index contributed by atoms with van der Waals surface area (Å²) in [6, 6.07) is 10.3. The molecule has 0 atom stereocenters. The highest BCUT2D eigenvalue weighted by Gasteiger charge is 1.85. The van der Waals surface area contributed by atoms with E-state index in [1.807, 2.05) is 18.2 Å². The van der Waals surface area contributed by atoms with Gasteiger partial charge < -0.3 is 0 Å². The van der Waals surface area contributed by atoms with Crippen molar-refractivity contribution in [3.8, 4) is 0 Å². The molecule has 0 bridgehead atoms. The summed E-state index contributed by atoms with van der Waals surface area (Å²) in [5.41, 5.74) is 2.41. The number of hydrogen-bond acceptors (Lipinski definition) is 0. The monoisotopic (exact) mass is 145 g/mol. The first kappa shape index (κ1) is 8.06. The van der Waals surface area contributed by atoms with Crippen LogP contribution < -0.4 is 0 Å². The van der Waals surface area contributed by atoms with Gasteiger partial charge >= 0.3 is 0 Å². The van der Waals surface area contributed by atoms with E-state index in [0.717, 1.165) is 6.42 Å². The molecule has 0 heteroatoms. The van der Waals surface area contributed by atoms with Crippen LogP contribution in [0.3, 0.4) is 0 Å². The third-order valence-electron chi connectivity index (χ3n) is 1.62. The number of rotatable bonds is 2. The van der Waals surface area contributed by atoms with Crippen LogP contribution in [-0.4, -0.2) is 0 Å². The Morgan fingerprint density at radius 2 is 2.00 bits per heavy atom. The van der Waals surface area contributed by atoms with E-state index in [0.29, 0.717) is 0 Å². The third kappa shape index (κ3) is 2.58. The summed E-state index contributed by atoms with van der Waals surface area (Å²) in [5, 5.41) is 0. The molecular formula is C11H13. The Bertz CT molecular complexity index is 231. The van der Waals surface area contributed by atoms with E-state index in [-0.39, 0.29) is 0 Å². The Morgan fingerprint density at radius 1 is 1.36 bits per heavy atom. The molecule has 1 rings (SSSR count). The molecule has 0 fully saturated rings. The molecule has 0 amide bonds. The molecule has 0 aromatic heterocycles. The van der Waals surface area contributed by atoms with Crippen LogP contribution in [0.2, 0.25) is 0 Å². The lowest BCUT2D eigenvalue weighted by Gasteiger charge is -1.94. The van der Waals surface area contributed by atoms with Crippen LogP contribution in [0.5, 0.6) is 0 Å². The van der Waals surface area contributed by atoms with Gasteiger partial charge in [-0.1, -0.05) is 48.9 Å². The predicted molar refractivity (Wildman–Crippen MR) is 50.1 cm³/mol. The molecule has 11 heavy (non-hydrogen) atoms. The van der Waals surface area contributed by atoms with Crippen molar-refractivity contribution in [2.45, 2.75) is 13.3 Å². The first-order valence-electron chi connectivity index (χ1n) is 3.90. The van der Waals surface area contributed by atoms with Crippen molar-refractivity contribution in [3.05, 3.63) is 48.4 Å². The molecule has 0 aliphatic rings. The minimum atomic E-state index is 1.02. The lowest BCUT2D eigenvalue weighted by Crippen LogP contribution is -1.73. The fraction of sp³-hybridized carbons (Fsp3) is 0.182. The van der Waals surface area contributed by atoms with Gasteiger partial charge in [0, 0.05) is 0 Å². The zero-order valence-electron chi connectivity index (χ0n) is 6.88. The second-order valence-electron chi connectivity index (χ2n) is 2.57. The SMILES string of the molecule is [CH2]/C(=C/c1ccccc1)CC. The van der Waals surface area contributed by atoms with Crippen LogP contribution >= 0.6 is 0 Å². The van der Waals surface area contributed by atoms with Crippen molar-refractivity contribution in [2.24, 2.45) is 0 Å². The summed E-state index contributed by atoms with van der Waals surface area (Å²) in [7, 11) is 0. The van der Waals surface area contributed by atoms with Crippen molar-refractivity contribution in [1.82, 2.24) is 0 Å². The topological polar surface area (TPSA) is 0 Å². The highest BCUT2D eigenvalue weighted by Crippen LogP contribution is 2.07. The first-order valence-corrected chi connectivity index (χ1v) is 3.90. The summed E-state index contributed by atoms with van der Waals surface area (Å²) in [5.74, 6) is 0. The van der Waals surface area contributed by atoms with Crippen molar-refractivity contribution < 1.29 is 0 Å². The van der Waals surface area contributed by atoms with E-state index in [1.165, 1.54) is 11.1 Å². The van der Waals surface area contributed by atoms with Crippen molar-refractivity contribution in [1.29, 1.82) is 0 Å². The van der Waals surface area contributed by atoms with Crippen LogP contribution in [-0.2, 0) is 0 Å². The van der Waals surface area contributed by atoms with Crippen LogP contribution in [0.15, 0.2) is 35.9 Å². The predicted octanol–water partition coefficient (Wildman–Crippen LogP) is 3.31. The summed E-state index contributed by atoms with van der Waals surface area (Å²) < 4.78 is 0. The fourth-order valence-corrected chi connectivity index (χ4v) is 0.887. The van der Waals surface area contributed by atoms with E-state index >= 15 is 0 Å². The van der Waals surface area contributed by atoms with Crippen molar-refractivity contribution in [3.63, 3.8) is 0 Å². The molecule has 0 saturated heterocycles. The van der Waals surface area contributed by atoms with Gasteiger partial charge in [-0.05, 0) is 18.9 Å². The molecule has 0 saturated carbocycles. The van der Waals surface area contributed by atoms with Gasteiger partial charge in [0.25, 0.3) is 0 Å². The van der Waals surface area contributed by atoms with Crippen LogP contribution in [0.25, 0.3) is 6.08 Å². The van der Waals surface area contributed by atoms with Gasteiger partial charge in [-0.15, -0.1) is 0 Å². The Morgan fingerprint density at radius 3 is 2.55 bits per heavy atom. The van der Waals surface area contributed by atoms with Gasteiger partial charge in [0.15, 0.2) is 0 Å². The standard InChI is InChI=1S/C11H13/c1-3-10(2)9-11-7-5-4-6-8-11/h4-9H,2-3H2,1H3/b10-9-. The maximum atomic E-state index is 3.91. The van der Waals surface area contributed by atoms with Gasteiger partial charge in [-0.3, -0.25) is 0 Å². The molecule has 0 aliphatic carbocycles. The minimum absolute atomic E-state index is 1.02. The van der Waals surface area contributed by atoms with Gasteiger partial charge in [0.2, 0.25) is 0 Å². The fourth-order valence-electron chi connectivity index (χ4n) is 0.887. The Hall–Kier alpha value is -1.04. The molecule has 57 valence electrons. The molecule has 0 N–H and O–H groups in total. The number of hydrogen-bond donors (Lipinski definition) is 0. The van der Waals surface area contributed by atoms with Gasteiger partial charge in [0.05, 0.1) is 0 Å². The van der Waals surface area contributed by atoms with Gasteiger partial charge in [-0.2, -0.15) is 0 Å². The average Bonchev–Trinajstić information content (AvgIpc) is 2.06. The summed E-state index contributed by atoms with van der Waals surface area (Å²) in [4.78, 5) is 0. The maximum Gasteiger partial charge on any atom is -0.0257 e. The molecule has 1 radical (unpaired) electrons. The van der Waals surface area contributed by atoms with Gasteiger partial charge in [0.1, 0.15) is 0 Å². The maximum absolute atomic E-state index is 3.91. The summed E-state index contributed by atoms with van der Waals surface area (Å²) in [6.45, 7) is 6.03. The molecule has 1 aromatic rings. The number of benzene rings is 1.